The average molecular weight is 327 g/mol. The molecule has 3 aliphatic rings. The van der Waals surface area contributed by atoms with Gasteiger partial charge in [-0.1, -0.05) is 18.2 Å². The third kappa shape index (κ3) is 3.12. The number of hydrogen-bond acceptors (Lipinski definition) is 2. The maximum atomic E-state index is 12.7. The molecule has 3 amide bonds. The van der Waals surface area contributed by atoms with Gasteiger partial charge >= 0.3 is 6.03 Å². The minimum atomic E-state index is 0.0262. The van der Waals surface area contributed by atoms with E-state index in [1.54, 1.807) is 0 Å². The van der Waals surface area contributed by atoms with E-state index in [4.69, 9.17) is 0 Å². The standard InChI is InChI=1S/C19H25N3O2/c1-12(13-6-7-13)22(15-8-9-15)19(24)20-11-14-10-18(23)21-17-5-3-2-4-16(14)17/h2-5,12-15H,6-11H2,1H3,(H,20,24)(H,21,23)/t12-,14+/m1/s1. The second-order valence-corrected chi connectivity index (χ2v) is 7.44. The molecule has 0 spiro atoms. The van der Waals surface area contributed by atoms with E-state index < -0.39 is 0 Å². The number of benzene rings is 1. The van der Waals surface area contributed by atoms with E-state index in [0.717, 1.165) is 24.1 Å². The molecule has 0 unspecified atom stereocenters. The van der Waals surface area contributed by atoms with Crippen LogP contribution in [-0.2, 0) is 4.79 Å². The fourth-order valence-corrected chi connectivity index (χ4v) is 3.83. The summed E-state index contributed by atoms with van der Waals surface area (Å²) in [5.41, 5.74) is 1.99. The van der Waals surface area contributed by atoms with Gasteiger partial charge in [-0.25, -0.2) is 4.79 Å². The summed E-state index contributed by atoms with van der Waals surface area (Å²) in [4.78, 5) is 26.7. The monoisotopic (exact) mass is 327 g/mol. The highest BCUT2D eigenvalue weighted by molar-refractivity contribution is 5.94. The van der Waals surface area contributed by atoms with Crippen molar-refractivity contribution in [3.63, 3.8) is 0 Å². The van der Waals surface area contributed by atoms with Crippen molar-refractivity contribution in [3.8, 4) is 0 Å². The minimum Gasteiger partial charge on any atom is -0.337 e. The molecule has 128 valence electrons. The third-order valence-electron chi connectivity index (χ3n) is 5.52. The molecule has 2 N–H and O–H groups in total. The zero-order valence-electron chi connectivity index (χ0n) is 14.1. The van der Waals surface area contributed by atoms with Gasteiger partial charge in [0, 0.05) is 36.7 Å². The molecule has 5 nitrogen and oxygen atoms in total. The van der Waals surface area contributed by atoms with Crippen molar-refractivity contribution >= 4 is 17.6 Å². The number of carbonyl (C=O) groups excluding carboxylic acids is 2. The SMILES string of the molecule is C[C@H](C1CC1)N(C(=O)NC[C@@H]1CC(=O)Nc2ccccc21)C1CC1. The molecule has 1 aromatic carbocycles. The minimum absolute atomic E-state index is 0.0262. The highest BCUT2D eigenvalue weighted by Crippen LogP contribution is 2.39. The first kappa shape index (κ1) is 15.5. The predicted molar refractivity (Wildman–Crippen MR) is 92.9 cm³/mol. The molecule has 2 aliphatic carbocycles. The number of para-hydroxylation sites is 1. The van der Waals surface area contributed by atoms with Gasteiger partial charge in [0.15, 0.2) is 0 Å². The van der Waals surface area contributed by atoms with Crippen LogP contribution in [0.2, 0.25) is 0 Å². The van der Waals surface area contributed by atoms with Crippen LogP contribution in [0, 0.1) is 5.92 Å². The highest BCUT2D eigenvalue weighted by atomic mass is 16.2. The Balaban J connectivity index is 1.42. The van der Waals surface area contributed by atoms with E-state index in [0.29, 0.717) is 31.0 Å². The topological polar surface area (TPSA) is 61.4 Å². The van der Waals surface area contributed by atoms with Crippen molar-refractivity contribution in [1.82, 2.24) is 10.2 Å². The second-order valence-electron chi connectivity index (χ2n) is 7.44. The summed E-state index contributed by atoms with van der Waals surface area (Å²) in [6.07, 6.45) is 5.17. The quantitative estimate of drug-likeness (QED) is 0.873. The van der Waals surface area contributed by atoms with Crippen LogP contribution >= 0.6 is 0 Å². The van der Waals surface area contributed by atoms with Gasteiger partial charge < -0.3 is 15.5 Å². The molecule has 2 atom stereocenters. The van der Waals surface area contributed by atoms with E-state index in [-0.39, 0.29) is 17.9 Å². The van der Waals surface area contributed by atoms with E-state index in [1.165, 1.54) is 12.8 Å². The zero-order valence-corrected chi connectivity index (χ0v) is 14.1. The number of amides is 3. The maximum Gasteiger partial charge on any atom is 0.317 e. The lowest BCUT2D eigenvalue weighted by molar-refractivity contribution is -0.116. The molecule has 1 heterocycles. The number of urea groups is 1. The lowest BCUT2D eigenvalue weighted by Gasteiger charge is -2.31. The van der Waals surface area contributed by atoms with Crippen molar-refractivity contribution in [2.24, 2.45) is 5.92 Å². The van der Waals surface area contributed by atoms with Crippen molar-refractivity contribution in [2.75, 3.05) is 11.9 Å². The Morgan fingerprint density at radius 1 is 1.29 bits per heavy atom. The molecular weight excluding hydrogens is 302 g/mol. The summed E-state index contributed by atoms with van der Waals surface area (Å²) in [6, 6.07) is 8.66. The Bertz CT molecular complexity index is 652. The van der Waals surface area contributed by atoms with Gasteiger partial charge in [0.2, 0.25) is 5.91 Å². The van der Waals surface area contributed by atoms with Gasteiger partial charge in [-0.15, -0.1) is 0 Å². The Morgan fingerprint density at radius 2 is 2.04 bits per heavy atom. The molecule has 1 aliphatic heterocycles. The smallest absolute Gasteiger partial charge is 0.317 e. The fraction of sp³-hybridized carbons (Fsp3) is 0.579. The number of hydrogen-bond donors (Lipinski definition) is 2. The van der Waals surface area contributed by atoms with Crippen LogP contribution in [0.4, 0.5) is 10.5 Å². The van der Waals surface area contributed by atoms with Gasteiger partial charge in [-0.05, 0) is 50.2 Å². The number of fused-ring (bicyclic) bond motifs is 1. The molecule has 24 heavy (non-hydrogen) atoms. The highest BCUT2D eigenvalue weighted by Gasteiger charge is 2.41. The Morgan fingerprint density at radius 3 is 2.75 bits per heavy atom. The fourth-order valence-electron chi connectivity index (χ4n) is 3.83. The van der Waals surface area contributed by atoms with Crippen LogP contribution in [0.3, 0.4) is 0 Å². The summed E-state index contributed by atoms with van der Waals surface area (Å²) < 4.78 is 0. The Hall–Kier alpha value is -2.04. The van der Waals surface area contributed by atoms with Crippen LogP contribution in [0.15, 0.2) is 24.3 Å². The van der Waals surface area contributed by atoms with E-state index >= 15 is 0 Å². The maximum absolute atomic E-state index is 12.7. The van der Waals surface area contributed by atoms with Crippen molar-refractivity contribution < 1.29 is 9.59 Å². The number of carbonyl (C=O) groups is 2. The molecular formula is C19H25N3O2. The van der Waals surface area contributed by atoms with Crippen molar-refractivity contribution in [1.29, 1.82) is 0 Å². The summed E-state index contributed by atoms with van der Waals surface area (Å²) >= 11 is 0. The first-order valence-electron chi connectivity index (χ1n) is 9.08. The van der Waals surface area contributed by atoms with E-state index in [1.807, 2.05) is 24.3 Å². The Labute approximate surface area is 142 Å². The first-order valence-corrected chi connectivity index (χ1v) is 9.08. The lowest BCUT2D eigenvalue weighted by atomic mass is 9.90. The van der Waals surface area contributed by atoms with Crippen LogP contribution in [0.1, 0.15) is 50.5 Å². The molecule has 0 radical (unpaired) electrons. The van der Waals surface area contributed by atoms with Gasteiger partial charge in [0.05, 0.1) is 0 Å². The van der Waals surface area contributed by atoms with Gasteiger partial charge in [-0.2, -0.15) is 0 Å². The number of nitrogens with one attached hydrogen (secondary N) is 2. The second kappa shape index (κ2) is 6.11. The molecule has 1 aromatic rings. The summed E-state index contributed by atoms with van der Waals surface area (Å²) in [5.74, 6) is 0.757. The van der Waals surface area contributed by atoms with E-state index in [2.05, 4.69) is 22.5 Å². The summed E-state index contributed by atoms with van der Waals surface area (Å²) in [5, 5.41) is 6.01. The predicted octanol–water partition coefficient (Wildman–Crippen LogP) is 3.08. The van der Waals surface area contributed by atoms with Gasteiger partial charge in [0.1, 0.15) is 0 Å². The Kier molecular flexibility index (Phi) is 3.94. The van der Waals surface area contributed by atoms with Crippen LogP contribution < -0.4 is 10.6 Å². The van der Waals surface area contributed by atoms with Crippen LogP contribution in [-0.4, -0.2) is 35.5 Å². The summed E-state index contributed by atoms with van der Waals surface area (Å²) in [7, 11) is 0. The molecule has 0 aromatic heterocycles. The normalized spacial score (nSPS) is 23.9. The van der Waals surface area contributed by atoms with Gasteiger partial charge in [0.25, 0.3) is 0 Å². The molecule has 0 bridgehead atoms. The molecule has 0 saturated heterocycles. The van der Waals surface area contributed by atoms with Crippen LogP contribution in [0.5, 0.6) is 0 Å². The van der Waals surface area contributed by atoms with Gasteiger partial charge in [-0.3, -0.25) is 4.79 Å². The number of anilines is 1. The lowest BCUT2D eigenvalue weighted by Crippen LogP contribution is -2.48. The third-order valence-corrected chi connectivity index (χ3v) is 5.52. The van der Waals surface area contributed by atoms with Crippen LogP contribution in [0.25, 0.3) is 0 Å². The number of nitrogens with zero attached hydrogens (tertiary/aromatic N) is 1. The van der Waals surface area contributed by atoms with Crippen molar-refractivity contribution in [2.45, 2.75) is 57.0 Å². The largest absolute Gasteiger partial charge is 0.337 e. The van der Waals surface area contributed by atoms with Crippen molar-refractivity contribution in [3.05, 3.63) is 29.8 Å². The van der Waals surface area contributed by atoms with E-state index in [9.17, 15) is 9.59 Å². The zero-order chi connectivity index (χ0) is 16.7. The molecule has 4 rings (SSSR count). The average Bonchev–Trinajstić information content (AvgIpc) is 3.45. The first-order chi connectivity index (χ1) is 11.6. The number of rotatable bonds is 5. The molecule has 5 heteroatoms. The molecule has 2 fully saturated rings. The molecule has 2 saturated carbocycles. The summed E-state index contributed by atoms with van der Waals surface area (Å²) in [6.45, 7) is 2.70.